The van der Waals surface area contributed by atoms with Gasteiger partial charge in [-0.15, -0.1) is 0 Å². The highest BCUT2D eigenvalue weighted by atomic mass is 16.5. The Kier molecular flexibility index (Phi) is 5.99. The van der Waals surface area contributed by atoms with Crippen LogP contribution in [-0.2, 0) is 9.53 Å². The van der Waals surface area contributed by atoms with Crippen LogP contribution in [0.1, 0.15) is 36.0 Å². The summed E-state index contributed by atoms with van der Waals surface area (Å²) < 4.78 is 19.7. The average Bonchev–Trinajstić information content (AvgIpc) is 3.68. The number of anilines is 1. The number of morpholine rings is 1. The largest absolute Gasteiger partial charge is 0.488 e. The van der Waals surface area contributed by atoms with Gasteiger partial charge >= 0.3 is 0 Å². The van der Waals surface area contributed by atoms with Crippen molar-refractivity contribution in [3.63, 3.8) is 0 Å². The minimum absolute atomic E-state index is 0.118. The number of imidazole rings is 1. The summed E-state index contributed by atoms with van der Waals surface area (Å²) >= 11 is 0. The fraction of sp³-hybridized carbons (Fsp3) is 0.448. The average molecular weight is 529 g/mol. The molecule has 0 bridgehead atoms. The second-order valence-electron chi connectivity index (χ2n) is 10.7. The highest BCUT2D eigenvalue weighted by Crippen LogP contribution is 2.46. The molecule has 1 aromatic carbocycles. The first-order valence-corrected chi connectivity index (χ1v) is 13.7. The molecule has 2 atom stereocenters. The third-order valence-corrected chi connectivity index (χ3v) is 8.21. The van der Waals surface area contributed by atoms with Crippen molar-refractivity contribution < 1.29 is 18.8 Å². The summed E-state index contributed by atoms with van der Waals surface area (Å²) in [5.41, 5.74) is 5.52. The maximum Gasteiger partial charge on any atom is 0.223 e. The summed E-state index contributed by atoms with van der Waals surface area (Å²) in [4.78, 5) is 27.0. The molecule has 202 valence electrons. The SMILES string of the molecule is Cc1noc(C)c1-c1ccc2nc(N3CC[C@@H](CC(=O)N4CCOCC4)C3)n3c2c1OC[C@@H]3c1ccccn1. The first-order valence-electron chi connectivity index (χ1n) is 13.7. The van der Waals surface area contributed by atoms with Crippen LogP contribution in [0.15, 0.2) is 41.1 Å². The Morgan fingerprint density at radius 2 is 1.97 bits per heavy atom. The van der Waals surface area contributed by atoms with Crippen LogP contribution in [-0.4, -0.2) is 76.5 Å². The van der Waals surface area contributed by atoms with E-state index in [4.69, 9.17) is 19.0 Å². The molecular formula is C29H32N6O4. The molecule has 2 saturated heterocycles. The van der Waals surface area contributed by atoms with E-state index in [9.17, 15) is 4.79 Å². The zero-order valence-corrected chi connectivity index (χ0v) is 22.3. The molecule has 39 heavy (non-hydrogen) atoms. The lowest BCUT2D eigenvalue weighted by Gasteiger charge is -2.30. The molecule has 0 saturated carbocycles. The van der Waals surface area contributed by atoms with Crippen molar-refractivity contribution in [3.05, 3.63) is 53.7 Å². The van der Waals surface area contributed by atoms with Crippen LogP contribution < -0.4 is 9.64 Å². The van der Waals surface area contributed by atoms with Crippen LogP contribution in [0.5, 0.6) is 5.75 Å². The van der Waals surface area contributed by atoms with Crippen molar-refractivity contribution in [1.29, 1.82) is 0 Å². The number of aryl methyl sites for hydroxylation is 2. The van der Waals surface area contributed by atoms with E-state index in [2.05, 4.69) is 31.7 Å². The number of ether oxygens (including phenoxy) is 2. The highest BCUT2D eigenvalue weighted by molar-refractivity contribution is 5.94. The van der Waals surface area contributed by atoms with Crippen molar-refractivity contribution in [2.24, 2.45) is 5.92 Å². The van der Waals surface area contributed by atoms with Crippen molar-refractivity contribution in [2.75, 3.05) is 50.9 Å². The summed E-state index contributed by atoms with van der Waals surface area (Å²) in [6.07, 6.45) is 3.34. The Bertz CT molecular complexity index is 1500. The van der Waals surface area contributed by atoms with Crippen LogP contribution in [0.4, 0.5) is 5.95 Å². The summed E-state index contributed by atoms with van der Waals surface area (Å²) in [6.45, 7) is 8.59. The van der Waals surface area contributed by atoms with Crippen LogP contribution in [0.2, 0.25) is 0 Å². The van der Waals surface area contributed by atoms with Crippen molar-refractivity contribution in [3.8, 4) is 16.9 Å². The standard InChI is InChI=1S/C29H32N6O4/c1-18-26(19(2)39-32-18)21-6-7-23-27-28(21)38-17-24(22-5-3-4-9-30-22)35(27)29(31-23)34-10-8-20(16-34)15-25(36)33-11-13-37-14-12-33/h3-7,9,20,24H,8,10-17H2,1-2H3/t20-,24+/m0/s1. The van der Waals surface area contributed by atoms with Crippen molar-refractivity contribution in [1.82, 2.24) is 24.6 Å². The Hall–Kier alpha value is -3.92. The van der Waals surface area contributed by atoms with Gasteiger partial charge in [0.15, 0.2) is 5.75 Å². The van der Waals surface area contributed by atoms with Gasteiger partial charge in [-0.1, -0.05) is 11.2 Å². The molecule has 6 heterocycles. The molecule has 3 aliphatic heterocycles. The van der Waals surface area contributed by atoms with Crippen molar-refractivity contribution >= 4 is 22.9 Å². The molecule has 10 heteroatoms. The molecule has 7 rings (SSSR count). The number of rotatable bonds is 5. The second-order valence-corrected chi connectivity index (χ2v) is 10.7. The highest BCUT2D eigenvalue weighted by Gasteiger charge is 2.36. The number of carbonyl (C=O) groups is 1. The molecule has 0 unspecified atom stereocenters. The maximum atomic E-state index is 13.0. The molecule has 0 spiro atoms. The zero-order chi connectivity index (χ0) is 26.5. The first-order chi connectivity index (χ1) is 19.1. The van der Waals surface area contributed by atoms with Gasteiger partial charge in [-0.2, -0.15) is 0 Å². The molecule has 4 aromatic rings. The number of carbonyl (C=O) groups excluding carboxylic acids is 1. The van der Waals surface area contributed by atoms with Crippen LogP contribution in [0.25, 0.3) is 22.2 Å². The van der Waals surface area contributed by atoms with Crippen molar-refractivity contribution in [2.45, 2.75) is 32.7 Å². The monoisotopic (exact) mass is 528 g/mol. The first kappa shape index (κ1) is 24.1. The third-order valence-electron chi connectivity index (χ3n) is 8.21. The van der Waals surface area contributed by atoms with Gasteiger partial charge in [-0.25, -0.2) is 4.98 Å². The number of aromatic nitrogens is 4. The molecular weight excluding hydrogens is 496 g/mol. The van der Waals surface area contributed by atoms with Gasteiger partial charge in [0.05, 0.1) is 35.7 Å². The quantitative estimate of drug-likeness (QED) is 0.386. The molecule has 3 aliphatic rings. The van der Waals surface area contributed by atoms with Crippen LogP contribution in [0.3, 0.4) is 0 Å². The van der Waals surface area contributed by atoms with E-state index in [1.165, 1.54) is 0 Å². The van der Waals surface area contributed by atoms with E-state index in [1.54, 1.807) is 0 Å². The van der Waals surface area contributed by atoms with Crippen LogP contribution in [0, 0.1) is 19.8 Å². The lowest BCUT2D eigenvalue weighted by atomic mass is 10.0. The lowest BCUT2D eigenvalue weighted by molar-refractivity contribution is -0.136. The summed E-state index contributed by atoms with van der Waals surface area (Å²) in [6, 6.07) is 9.97. The van der Waals surface area contributed by atoms with Gasteiger partial charge in [-0.05, 0) is 50.5 Å². The van der Waals surface area contributed by atoms with Gasteiger partial charge in [0, 0.05) is 44.4 Å². The minimum atomic E-state index is -0.118. The third kappa shape index (κ3) is 4.14. The Balaban J connectivity index is 1.27. The maximum absolute atomic E-state index is 13.0. The van der Waals surface area contributed by atoms with Gasteiger partial charge in [0.25, 0.3) is 0 Å². The lowest BCUT2D eigenvalue weighted by Crippen LogP contribution is -2.41. The Morgan fingerprint density at radius 1 is 1.10 bits per heavy atom. The normalized spacial score (nSPS) is 21.0. The minimum Gasteiger partial charge on any atom is -0.488 e. The molecule has 0 N–H and O–H groups in total. The molecule has 2 fully saturated rings. The zero-order valence-electron chi connectivity index (χ0n) is 22.3. The molecule has 0 radical (unpaired) electrons. The molecule has 0 aliphatic carbocycles. The predicted molar refractivity (Wildman–Crippen MR) is 145 cm³/mol. The summed E-state index contributed by atoms with van der Waals surface area (Å²) in [5, 5.41) is 4.18. The van der Waals surface area contributed by atoms with Gasteiger partial charge < -0.3 is 23.8 Å². The molecule has 10 nitrogen and oxygen atoms in total. The predicted octanol–water partition coefficient (Wildman–Crippen LogP) is 3.76. The van der Waals surface area contributed by atoms with Gasteiger partial charge in [-0.3, -0.25) is 14.3 Å². The van der Waals surface area contributed by atoms with E-state index in [0.29, 0.717) is 45.2 Å². The van der Waals surface area contributed by atoms with E-state index < -0.39 is 0 Å². The summed E-state index contributed by atoms with van der Waals surface area (Å²) in [7, 11) is 0. The fourth-order valence-electron chi connectivity index (χ4n) is 6.27. The van der Waals surface area contributed by atoms with Gasteiger partial charge in [0.1, 0.15) is 23.9 Å². The van der Waals surface area contributed by atoms with Crippen LogP contribution >= 0.6 is 0 Å². The Morgan fingerprint density at radius 3 is 2.74 bits per heavy atom. The molecule has 3 aromatic heterocycles. The smallest absolute Gasteiger partial charge is 0.223 e. The summed E-state index contributed by atoms with van der Waals surface area (Å²) in [5.74, 6) is 2.98. The number of nitrogens with zero attached hydrogens (tertiary/aromatic N) is 6. The van der Waals surface area contributed by atoms with Gasteiger partial charge in [0.2, 0.25) is 11.9 Å². The van der Waals surface area contributed by atoms with E-state index in [-0.39, 0.29) is 11.9 Å². The number of hydrogen-bond donors (Lipinski definition) is 0. The number of pyridine rings is 1. The second kappa shape index (κ2) is 9.68. The Labute approximate surface area is 226 Å². The van der Waals surface area contributed by atoms with E-state index >= 15 is 0 Å². The topological polar surface area (TPSA) is 98.8 Å². The fourth-order valence-corrected chi connectivity index (χ4v) is 6.27. The van der Waals surface area contributed by atoms with E-state index in [1.807, 2.05) is 43.1 Å². The number of benzene rings is 1. The molecule has 1 amide bonds. The van der Waals surface area contributed by atoms with E-state index in [0.717, 1.165) is 70.5 Å². The number of hydrogen-bond acceptors (Lipinski definition) is 8. The number of amides is 1.